The molecule has 4 unspecified atom stereocenters. The zero-order valence-corrected chi connectivity index (χ0v) is 24.4. The molecule has 0 bridgehead atoms. The number of phenolic OH excluding ortho intramolecular Hbond substituents is 1. The fourth-order valence-corrected chi connectivity index (χ4v) is 7.60. The highest BCUT2D eigenvalue weighted by Crippen LogP contribution is 2.52. The van der Waals surface area contributed by atoms with Gasteiger partial charge in [0.2, 0.25) is 5.91 Å². The maximum atomic E-state index is 14.0. The van der Waals surface area contributed by atoms with Crippen LogP contribution in [0.15, 0.2) is 59.0 Å². The second-order valence-corrected chi connectivity index (χ2v) is 12.3. The second-order valence-electron chi connectivity index (χ2n) is 12.3. The zero-order chi connectivity index (χ0) is 31.5. The predicted molar refractivity (Wildman–Crippen MR) is 157 cm³/mol. The molecule has 6 rings (SSSR count). The first-order valence-corrected chi connectivity index (χ1v) is 14.6. The molecule has 44 heavy (non-hydrogen) atoms. The summed E-state index contributed by atoms with van der Waals surface area (Å²) in [4.78, 5) is 55.2. The summed E-state index contributed by atoms with van der Waals surface area (Å²) in [5, 5.41) is 36.9. The van der Waals surface area contributed by atoms with Crippen LogP contribution in [0.5, 0.6) is 5.75 Å². The van der Waals surface area contributed by atoms with Crippen molar-refractivity contribution < 1.29 is 38.9 Å². The maximum absolute atomic E-state index is 14.0. The SMILES string of the molecule is CN(C)C1C(O)C(C(N)=O)C(=O)[C@]2(O)C(=O)C3C(=O)c4c(O)ccc(-c5ccc(CNCc6ccccc6)o5)c4C[C@@H]3C[C@H]12. The Morgan fingerprint density at radius 2 is 1.77 bits per heavy atom. The molecule has 0 aliphatic heterocycles. The van der Waals surface area contributed by atoms with Gasteiger partial charge in [0.25, 0.3) is 0 Å². The van der Waals surface area contributed by atoms with Crippen molar-refractivity contribution in [2.24, 2.45) is 29.4 Å². The minimum absolute atomic E-state index is 0.0388. The third kappa shape index (κ3) is 4.58. The number of rotatable bonds is 7. The molecule has 1 heterocycles. The fourth-order valence-electron chi connectivity index (χ4n) is 7.60. The molecule has 11 heteroatoms. The summed E-state index contributed by atoms with van der Waals surface area (Å²) >= 11 is 0. The Balaban J connectivity index is 1.33. The summed E-state index contributed by atoms with van der Waals surface area (Å²) in [7, 11) is 3.22. The number of benzene rings is 2. The standard InChI is InChI=1S/C33H35N3O8/c1-36(2)27-21-13-17-12-20-19(23-11-8-18(44-23)15-35-14-16-6-4-3-5-7-16)9-10-22(37)25(20)28(38)24(17)30(40)33(21,43)31(41)26(29(27)39)32(34)42/h3-11,17,21,24,26-27,29,35,37,39,43H,12-15H2,1-2H3,(H2,34,42)/t17-,21-,24?,26?,27?,29?,33-/m1/s1. The zero-order valence-electron chi connectivity index (χ0n) is 24.4. The van der Waals surface area contributed by atoms with Crippen molar-refractivity contribution in [3.63, 3.8) is 0 Å². The third-order valence-electron chi connectivity index (χ3n) is 9.57. The minimum Gasteiger partial charge on any atom is -0.507 e. The van der Waals surface area contributed by atoms with E-state index in [0.717, 1.165) is 5.56 Å². The number of nitrogens with zero attached hydrogens (tertiary/aromatic N) is 1. The molecule has 7 atom stereocenters. The van der Waals surface area contributed by atoms with E-state index in [9.17, 15) is 34.5 Å². The molecular weight excluding hydrogens is 566 g/mol. The molecule has 6 N–H and O–H groups in total. The Labute approximate surface area is 253 Å². The first-order valence-electron chi connectivity index (χ1n) is 14.6. The summed E-state index contributed by atoms with van der Waals surface area (Å²) < 4.78 is 6.13. The van der Waals surface area contributed by atoms with Crippen LogP contribution in [0.25, 0.3) is 11.3 Å². The highest BCUT2D eigenvalue weighted by atomic mass is 16.3. The largest absolute Gasteiger partial charge is 0.507 e. The Morgan fingerprint density at radius 3 is 2.45 bits per heavy atom. The summed E-state index contributed by atoms with van der Waals surface area (Å²) in [6.07, 6.45) is -1.33. The van der Waals surface area contributed by atoms with E-state index in [2.05, 4.69) is 5.32 Å². The van der Waals surface area contributed by atoms with Gasteiger partial charge in [-0.25, -0.2) is 0 Å². The number of fused-ring (bicyclic) bond motifs is 3. The number of phenols is 1. The normalized spacial score (nSPS) is 29.7. The molecular formula is C33H35N3O8. The number of furan rings is 1. The number of aromatic hydroxyl groups is 1. The number of aliphatic hydroxyl groups is 2. The molecule has 0 saturated heterocycles. The molecule has 0 radical (unpaired) electrons. The first kappa shape index (κ1) is 29.9. The Hall–Kier alpha value is -4.16. The van der Waals surface area contributed by atoms with Crippen molar-refractivity contribution in [3.8, 4) is 17.1 Å². The lowest BCUT2D eigenvalue weighted by molar-refractivity contribution is -0.190. The highest BCUT2D eigenvalue weighted by molar-refractivity contribution is 6.25. The number of nitrogens with one attached hydrogen (secondary N) is 1. The van der Waals surface area contributed by atoms with Crippen LogP contribution >= 0.6 is 0 Å². The predicted octanol–water partition coefficient (Wildman–Crippen LogP) is 1.21. The van der Waals surface area contributed by atoms with Crippen LogP contribution in [0.1, 0.15) is 33.7 Å². The van der Waals surface area contributed by atoms with Gasteiger partial charge >= 0.3 is 0 Å². The van der Waals surface area contributed by atoms with E-state index in [1.54, 1.807) is 31.1 Å². The number of carbonyl (C=O) groups excluding carboxylic acids is 4. The number of aliphatic hydroxyl groups excluding tert-OH is 1. The van der Waals surface area contributed by atoms with Crippen molar-refractivity contribution in [1.29, 1.82) is 0 Å². The number of carbonyl (C=O) groups is 4. The lowest BCUT2D eigenvalue weighted by Crippen LogP contribution is -2.75. The van der Waals surface area contributed by atoms with Crippen LogP contribution < -0.4 is 11.1 Å². The van der Waals surface area contributed by atoms with E-state index in [4.69, 9.17) is 10.2 Å². The number of ketones is 3. The molecule has 3 aliphatic rings. The van der Waals surface area contributed by atoms with E-state index < -0.39 is 64.7 Å². The lowest BCUT2D eigenvalue weighted by atomic mass is 9.52. The van der Waals surface area contributed by atoms with Crippen LogP contribution in [0.3, 0.4) is 0 Å². The van der Waals surface area contributed by atoms with E-state index in [1.807, 2.05) is 36.4 Å². The lowest BCUT2D eigenvalue weighted by Gasteiger charge is -2.54. The van der Waals surface area contributed by atoms with Gasteiger partial charge in [0.1, 0.15) is 23.2 Å². The smallest absolute Gasteiger partial charge is 0.230 e. The van der Waals surface area contributed by atoms with Gasteiger partial charge in [-0.05, 0) is 68.2 Å². The van der Waals surface area contributed by atoms with Crippen molar-refractivity contribution in [3.05, 3.63) is 77.0 Å². The van der Waals surface area contributed by atoms with Crippen molar-refractivity contribution in [2.45, 2.75) is 43.7 Å². The monoisotopic (exact) mass is 601 g/mol. The van der Waals surface area contributed by atoms with Crippen LogP contribution in [-0.4, -0.2) is 75.3 Å². The van der Waals surface area contributed by atoms with E-state index >= 15 is 0 Å². The molecule has 1 aromatic heterocycles. The summed E-state index contributed by atoms with van der Waals surface area (Å²) in [6.45, 7) is 1.11. The van der Waals surface area contributed by atoms with Gasteiger partial charge in [-0.1, -0.05) is 30.3 Å². The van der Waals surface area contributed by atoms with Gasteiger partial charge in [-0.2, -0.15) is 0 Å². The number of Topliss-reactive ketones (excluding diaryl/α,β-unsaturated/α-hetero) is 3. The summed E-state index contributed by atoms with van der Waals surface area (Å²) in [6, 6.07) is 15.6. The maximum Gasteiger partial charge on any atom is 0.230 e. The number of nitrogens with two attached hydrogens (primary N) is 1. The minimum atomic E-state index is -2.70. The number of hydrogen-bond donors (Lipinski definition) is 5. The summed E-state index contributed by atoms with van der Waals surface area (Å²) in [5.41, 5.74) is 4.90. The summed E-state index contributed by atoms with van der Waals surface area (Å²) in [5.74, 6) is -8.22. The van der Waals surface area contributed by atoms with E-state index in [1.165, 1.54) is 6.07 Å². The third-order valence-corrected chi connectivity index (χ3v) is 9.57. The van der Waals surface area contributed by atoms with Crippen LogP contribution in [0.4, 0.5) is 0 Å². The average molecular weight is 602 g/mol. The van der Waals surface area contributed by atoms with E-state index in [-0.39, 0.29) is 24.2 Å². The molecule has 2 saturated carbocycles. The molecule has 0 spiro atoms. The van der Waals surface area contributed by atoms with Gasteiger partial charge in [0.05, 0.1) is 24.1 Å². The fraction of sp³-hybridized carbons (Fsp3) is 0.394. The van der Waals surface area contributed by atoms with Gasteiger partial charge in [-0.15, -0.1) is 0 Å². The van der Waals surface area contributed by atoms with E-state index in [0.29, 0.717) is 35.7 Å². The van der Waals surface area contributed by atoms with Crippen molar-refractivity contribution >= 4 is 23.3 Å². The molecule has 230 valence electrons. The number of amides is 1. The molecule has 11 nitrogen and oxygen atoms in total. The Morgan fingerprint density at radius 1 is 1.05 bits per heavy atom. The molecule has 2 aromatic carbocycles. The first-order chi connectivity index (χ1) is 20.9. The number of likely N-dealkylation sites (N-methyl/N-ethyl adjacent to an activating group) is 1. The average Bonchev–Trinajstić information content (AvgIpc) is 3.44. The van der Waals surface area contributed by atoms with Gasteiger partial charge in [-0.3, -0.25) is 19.2 Å². The topological polar surface area (TPSA) is 183 Å². The molecule has 3 aromatic rings. The highest BCUT2D eigenvalue weighted by Gasteiger charge is 2.69. The van der Waals surface area contributed by atoms with Gasteiger partial charge < -0.3 is 35.7 Å². The molecule has 1 amide bonds. The Bertz CT molecular complexity index is 1650. The molecule has 2 fully saturated rings. The number of hydrogen-bond acceptors (Lipinski definition) is 10. The molecule has 3 aliphatic carbocycles. The quantitative estimate of drug-likeness (QED) is 0.247. The van der Waals surface area contributed by atoms with Crippen molar-refractivity contribution in [1.82, 2.24) is 10.2 Å². The second kappa shape index (κ2) is 11.1. The van der Waals surface area contributed by atoms with Crippen LogP contribution in [0.2, 0.25) is 0 Å². The Kier molecular flexibility index (Phi) is 7.53. The van der Waals surface area contributed by atoms with Crippen LogP contribution in [0, 0.1) is 23.7 Å². The van der Waals surface area contributed by atoms with Gasteiger partial charge in [0.15, 0.2) is 23.0 Å². The van der Waals surface area contributed by atoms with Gasteiger partial charge in [0, 0.05) is 24.1 Å². The van der Waals surface area contributed by atoms with Crippen LogP contribution in [-0.2, 0) is 33.9 Å². The number of primary amides is 1. The van der Waals surface area contributed by atoms with Crippen molar-refractivity contribution in [2.75, 3.05) is 14.1 Å².